The lowest BCUT2D eigenvalue weighted by Gasteiger charge is -2.04. The first-order chi connectivity index (χ1) is 13.2. The summed E-state index contributed by atoms with van der Waals surface area (Å²) < 4.78 is 7.02. The number of methoxy groups -OCH3 is 1. The Morgan fingerprint density at radius 2 is 2.04 bits per heavy atom. The number of aryl methyl sites for hydroxylation is 1. The highest BCUT2D eigenvalue weighted by atomic mass is 16.5. The Morgan fingerprint density at radius 1 is 1.19 bits per heavy atom. The summed E-state index contributed by atoms with van der Waals surface area (Å²) in [6.45, 7) is 0.0413. The van der Waals surface area contributed by atoms with E-state index in [-0.39, 0.29) is 12.5 Å². The molecule has 1 aromatic carbocycles. The maximum Gasteiger partial charge on any atom is 0.247 e. The molecule has 0 aliphatic rings. The second-order valence-corrected chi connectivity index (χ2v) is 5.85. The van der Waals surface area contributed by atoms with E-state index in [0.717, 1.165) is 16.5 Å². The van der Waals surface area contributed by atoms with E-state index in [1.54, 1.807) is 25.0 Å². The lowest BCUT2D eigenvalue weighted by molar-refractivity contribution is -0.116. The van der Waals surface area contributed by atoms with Crippen LogP contribution in [0.4, 0.5) is 5.82 Å². The minimum absolute atomic E-state index is 0.0413. The minimum atomic E-state index is -0.242. The van der Waals surface area contributed by atoms with Crippen molar-refractivity contribution in [2.45, 2.75) is 6.54 Å². The van der Waals surface area contributed by atoms with Crippen LogP contribution >= 0.6 is 0 Å². The topological polar surface area (TPSA) is 99.8 Å². The molecule has 0 unspecified atom stereocenters. The molecule has 0 saturated carbocycles. The van der Waals surface area contributed by atoms with Crippen LogP contribution in [0.5, 0.6) is 5.88 Å². The SMILES string of the molecule is COc1ncccc1-c1nn(CC(=O)Nc2cnn(C)n2)c2ccccc12. The van der Waals surface area contributed by atoms with Gasteiger partial charge >= 0.3 is 0 Å². The van der Waals surface area contributed by atoms with Gasteiger partial charge in [0.15, 0.2) is 5.82 Å². The average molecular weight is 363 g/mol. The van der Waals surface area contributed by atoms with Crippen LogP contribution in [0.15, 0.2) is 48.8 Å². The van der Waals surface area contributed by atoms with Crippen molar-refractivity contribution in [1.29, 1.82) is 0 Å². The molecule has 0 atom stereocenters. The van der Waals surface area contributed by atoms with Gasteiger partial charge < -0.3 is 10.1 Å². The number of fused-ring (bicyclic) bond motifs is 1. The number of hydrogen-bond acceptors (Lipinski definition) is 6. The van der Waals surface area contributed by atoms with Crippen molar-refractivity contribution in [3.8, 4) is 17.1 Å². The van der Waals surface area contributed by atoms with Crippen LogP contribution < -0.4 is 10.1 Å². The van der Waals surface area contributed by atoms with Gasteiger partial charge in [0.2, 0.25) is 11.8 Å². The van der Waals surface area contributed by atoms with Gasteiger partial charge in [-0.25, -0.2) is 4.98 Å². The highest BCUT2D eigenvalue weighted by molar-refractivity contribution is 5.96. The molecule has 1 N–H and O–H groups in total. The Morgan fingerprint density at radius 3 is 2.81 bits per heavy atom. The van der Waals surface area contributed by atoms with Crippen LogP contribution in [0.3, 0.4) is 0 Å². The fraction of sp³-hybridized carbons (Fsp3) is 0.167. The largest absolute Gasteiger partial charge is 0.481 e. The third-order valence-electron chi connectivity index (χ3n) is 4.04. The fourth-order valence-electron chi connectivity index (χ4n) is 2.90. The number of pyridine rings is 1. The first-order valence-corrected chi connectivity index (χ1v) is 8.27. The third-order valence-corrected chi connectivity index (χ3v) is 4.04. The Kier molecular flexibility index (Phi) is 4.25. The number of hydrogen-bond donors (Lipinski definition) is 1. The first-order valence-electron chi connectivity index (χ1n) is 8.27. The number of amides is 1. The van der Waals surface area contributed by atoms with Gasteiger partial charge in [-0.2, -0.15) is 15.0 Å². The summed E-state index contributed by atoms with van der Waals surface area (Å²) in [5, 5.41) is 16.3. The highest BCUT2D eigenvalue weighted by Gasteiger charge is 2.17. The van der Waals surface area contributed by atoms with Crippen LogP contribution in [-0.2, 0) is 18.4 Å². The van der Waals surface area contributed by atoms with Crippen molar-refractivity contribution in [3.63, 3.8) is 0 Å². The Balaban J connectivity index is 1.71. The fourth-order valence-corrected chi connectivity index (χ4v) is 2.90. The smallest absolute Gasteiger partial charge is 0.247 e. The molecule has 9 nitrogen and oxygen atoms in total. The van der Waals surface area contributed by atoms with Gasteiger partial charge in [0.05, 0.1) is 24.4 Å². The molecular weight excluding hydrogens is 346 g/mol. The normalized spacial score (nSPS) is 10.9. The molecule has 3 aromatic heterocycles. The number of aromatic nitrogens is 6. The number of anilines is 1. The lowest BCUT2D eigenvalue weighted by Crippen LogP contribution is -2.19. The van der Waals surface area contributed by atoms with Crippen molar-refractivity contribution in [3.05, 3.63) is 48.8 Å². The predicted octanol–water partition coefficient (Wildman–Crippen LogP) is 1.87. The van der Waals surface area contributed by atoms with Crippen molar-refractivity contribution >= 4 is 22.6 Å². The quantitative estimate of drug-likeness (QED) is 0.581. The Labute approximate surface area is 154 Å². The molecule has 9 heteroatoms. The summed E-state index contributed by atoms with van der Waals surface area (Å²) in [6.07, 6.45) is 3.15. The number of benzene rings is 1. The van der Waals surface area contributed by atoms with Crippen LogP contribution in [0.1, 0.15) is 0 Å². The van der Waals surface area contributed by atoms with Crippen LogP contribution in [0.25, 0.3) is 22.2 Å². The number of para-hydroxylation sites is 1. The summed E-state index contributed by atoms with van der Waals surface area (Å²) in [4.78, 5) is 18.0. The molecule has 0 saturated heterocycles. The number of nitrogens with one attached hydrogen (secondary N) is 1. The van der Waals surface area contributed by atoms with Crippen molar-refractivity contribution in [2.75, 3.05) is 12.4 Å². The van der Waals surface area contributed by atoms with Crippen molar-refractivity contribution < 1.29 is 9.53 Å². The standard InChI is InChI=1S/C18H17N7O2/c1-24-20-10-15(22-24)21-16(26)11-25-14-8-4-3-6-12(14)17(23-25)13-7-5-9-19-18(13)27-2/h3-10H,11H2,1-2H3,(H,21,22,26). The van der Waals surface area contributed by atoms with Gasteiger partial charge in [-0.1, -0.05) is 18.2 Å². The van der Waals surface area contributed by atoms with E-state index in [1.807, 2.05) is 36.4 Å². The molecule has 0 bridgehead atoms. The minimum Gasteiger partial charge on any atom is -0.481 e. The van der Waals surface area contributed by atoms with Gasteiger partial charge in [-0.3, -0.25) is 9.48 Å². The molecule has 0 spiro atoms. The molecule has 4 rings (SSSR count). The zero-order valence-electron chi connectivity index (χ0n) is 14.8. The number of carbonyl (C=O) groups is 1. The number of ether oxygens (including phenoxy) is 1. The molecule has 0 aliphatic carbocycles. The maximum atomic E-state index is 12.4. The van der Waals surface area contributed by atoms with Gasteiger partial charge in [-0.05, 0) is 18.2 Å². The van der Waals surface area contributed by atoms with E-state index in [4.69, 9.17) is 4.74 Å². The number of nitrogens with zero attached hydrogens (tertiary/aromatic N) is 6. The van der Waals surface area contributed by atoms with E-state index in [2.05, 4.69) is 25.6 Å². The number of carbonyl (C=O) groups excluding carboxylic acids is 1. The summed E-state index contributed by atoms with van der Waals surface area (Å²) in [6, 6.07) is 11.4. The highest BCUT2D eigenvalue weighted by Crippen LogP contribution is 2.32. The molecule has 27 heavy (non-hydrogen) atoms. The number of rotatable bonds is 5. The van der Waals surface area contributed by atoms with Crippen molar-refractivity contribution in [2.24, 2.45) is 7.05 Å². The average Bonchev–Trinajstić information content (AvgIpc) is 3.25. The summed E-state index contributed by atoms with van der Waals surface area (Å²) in [7, 11) is 3.25. The Bertz CT molecular complexity index is 1120. The second kappa shape index (κ2) is 6.87. The molecule has 1 amide bonds. The van der Waals surface area contributed by atoms with Crippen LogP contribution in [-0.4, -0.2) is 42.8 Å². The maximum absolute atomic E-state index is 12.4. The zero-order chi connectivity index (χ0) is 18.8. The summed E-state index contributed by atoms with van der Waals surface area (Å²) in [5.41, 5.74) is 2.32. The van der Waals surface area contributed by atoms with Gasteiger partial charge in [0.1, 0.15) is 12.2 Å². The summed E-state index contributed by atoms with van der Waals surface area (Å²) in [5.74, 6) is 0.637. The van der Waals surface area contributed by atoms with E-state index in [9.17, 15) is 4.79 Å². The van der Waals surface area contributed by atoms with E-state index >= 15 is 0 Å². The molecule has 3 heterocycles. The zero-order valence-corrected chi connectivity index (χ0v) is 14.8. The molecule has 0 radical (unpaired) electrons. The lowest BCUT2D eigenvalue weighted by atomic mass is 10.1. The van der Waals surface area contributed by atoms with Gasteiger partial charge in [0, 0.05) is 18.6 Å². The van der Waals surface area contributed by atoms with Crippen LogP contribution in [0, 0.1) is 0 Å². The molecule has 0 aliphatic heterocycles. The molecular formula is C18H17N7O2. The monoisotopic (exact) mass is 363 g/mol. The van der Waals surface area contributed by atoms with Crippen LogP contribution in [0.2, 0.25) is 0 Å². The Hall–Kier alpha value is -3.75. The molecule has 136 valence electrons. The summed E-state index contributed by atoms with van der Waals surface area (Å²) >= 11 is 0. The van der Waals surface area contributed by atoms with Gasteiger partial charge in [-0.15, -0.1) is 5.10 Å². The molecule has 0 fully saturated rings. The molecule has 4 aromatic rings. The van der Waals surface area contributed by atoms with E-state index in [0.29, 0.717) is 17.4 Å². The van der Waals surface area contributed by atoms with Crippen molar-refractivity contribution in [1.82, 2.24) is 29.8 Å². The third kappa shape index (κ3) is 3.22. The first kappa shape index (κ1) is 16.7. The van der Waals surface area contributed by atoms with Gasteiger partial charge in [0.25, 0.3) is 0 Å². The van der Waals surface area contributed by atoms with E-state index in [1.165, 1.54) is 11.0 Å². The van der Waals surface area contributed by atoms with E-state index < -0.39 is 0 Å². The second-order valence-electron chi connectivity index (χ2n) is 5.85. The predicted molar refractivity (Wildman–Crippen MR) is 99.1 cm³/mol.